The van der Waals surface area contributed by atoms with Crippen LogP contribution in [0.15, 0.2) is 30.0 Å². The van der Waals surface area contributed by atoms with Crippen LogP contribution in [0.2, 0.25) is 0 Å². The lowest BCUT2D eigenvalue weighted by atomic mass is 10.0. The van der Waals surface area contributed by atoms with Crippen molar-refractivity contribution in [2.24, 2.45) is 116 Å². The molecule has 0 saturated carbocycles. The Kier molecular flexibility index (Phi) is 42.8. The van der Waals surface area contributed by atoms with E-state index in [0.717, 1.165) is 6.92 Å². The number of aliphatic hydroxyl groups excluding tert-OH is 1. The number of carboxylic acid groups (broad SMARTS) is 1. The van der Waals surface area contributed by atoms with Gasteiger partial charge in [0, 0.05) is 39.3 Å². The molecule has 0 unspecified atom stereocenters. The van der Waals surface area contributed by atoms with Crippen LogP contribution in [0.3, 0.4) is 0 Å². The van der Waals surface area contributed by atoms with E-state index >= 15 is 0 Å². The minimum atomic E-state index is -1.87. The van der Waals surface area contributed by atoms with Gasteiger partial charge in [0.2, 0.25) is 47.3 Å². The first-order chi connectivity index (χ1) is 43.4. The summed E-state index contributed by atoms with van der Waals surface area (Å²) in [4.78, 5) is 149. The van der Waals surface area contributed by atoms with Gasteiger partial charge in [0.05, 0.1) is 12.1 Å². The number of nitrogens with one attached hydrogen (secondary N) is 8. The first-order valence-electron chi connectivity index (χ1n) is 30.3. The van der Waals surface area contributed by atoms with E-state index in [4.69, 9.17) is 86.0 Å². The smallest absolute Gasteiger partial charge is 0.326 e. The number of hydrogen-bond donors (Lipinski definition) is 25. The maximum atomic E-state index is 14.6. The van der Waals surface area contributed by atoms with E-state index in [-0.39, 0.29) is 172 Å². The van der Waals surface area contributed by atoms with Gasteiger partial charge in [-0.15, -0.1) is 0 Å². The molecule has 0 rings (SSSR count). The number of carboxylic acids is 1. The van der Waals surface area contributed by atoms with Crippen LogP contribution < -0.4 is 129 Å². The lowest BCUT2D eigenvalue weighted by Gasteiger charge is -2.29. The third kappa shape index (κ3) is 39.0. The maximum absolute atomic E-state index is 14.6. The fourth-order valence-electron chi connectivity index (χ4n) is 8.59. The number of nitrogens with two attached hydrogens (primary N) is 15. The minimum absolute atomic E-state index is 0.00968. The predicted octanol–water partition coefficient (Wildman–Crippen LogP) is -10.8. The topological polar surface area (TPSA) is 755 Å². The van der Waals surface area contributed by atoms with E-state index in [2.05, 4.69) is 72.5 Å². The lowest BCUT2D eigenvalue weighted by Crippen LogP contribution is -2.62. The molecule has 0 spiro atoms. The molecule has 0 saturated heterocycles. The normalized spacial score (nSPS) is 14.1. The van der Waals surface area contributed by atoms with Crippen LogP contribution in [0.1, 0.15) is 122 Å². The van der Waals surface area contributed by atoms with Crippen LogP contribution in [-0.4, -0.2) is 212 Å². The molecular weight excluding hydrogens is 1210 g/mol. The largest absolute Gasteiger partial charge is 0.480 e. The maximum Gasteiger partial charge on any atom is 0.326 e. The van der Waals surface area contributed by atoms with Gasteiger partial charge in [-0.1, -0.05) is 0 Å². The zero-order chi connectivity index (χ0) is 69.7. The Morgan fingerprint density at radius 2 is 0.533 bits per heavy atom. The number of amides is 8. The number of aliphatic imine (C=N–C) groups is 6. The molecule has 0 heterocycles. The second-order valence-electron chi connectivity index (χ2n) is 21.4. The van der Waals surface area contributed by atoms with Crippen molar-refractivity contribution in [2.75, 3.05) is 52.4 Å². The number of carbonyl (C=O) groups excluding carboxylic acids is 8. The van der Waals surface area contributed by atoms with Gasteiger partial charge in [0.15, 0.2) is 35.8 Å². The van der Waals surface area contributed by atoms with Crippen molar-refractivity contribution in [2.45, 2.75) is 183 Å². The molecule has 40 heteroatoms. The van der Waals surface area contributed by atoms with Crippen molar-refractivity contribution in [3.63, 3.8) is 0 Å². The average Bonchev–Trinajstić information content (AvgIpc) is 1.02. The summed E-state index contributed by atoms with van der Waals surface area (Å²) in [5, 5.41) is 41.5. The molecule has 0 fully saturated rings. The molecule has 8 amide bonds. The Bertz CT molecular complexity index is 2480. The van der Waals surface area contributed by atoms with Gasteiger partial charge in [0.25, 0.3) is 0 Å². The molecular formula is C52H105N29O11. The highest BCUT2D eigenvalue weighted by molar-refractivity contribution is 5.98. The first-order valence-corrected chi connectivity index (χ1v) is 30.3. The Morgan fingerprint density at radius 3 is 0.783 bits per heavy atom. The van der Waals surface area contributed by atoms with Crippen LogP contribution in [-0.2, 0) is 43.2 Å². The van der Waals surface area contributed by atoms with Crippen LogP contribution in [0.25, 0.3) is 0 Å². The van der Waals surface area contributed by atoms with E-state index in [9.17, 15) is 53.4 Å². The molecule has 0 bridgehead atoms. The highest BCUT2D eigenvalue weighted by Crippen LogP contribution is 2.12. The van der Waals surface area contributed by atoms with Gasteiger partial charge < -0.3 is 139 Å². The fraction of sp³-hybridized carbons (Fsp3) is 0.712. The molecule has 92 heavy (non-hydrogen) atoms. The third-order valence-electron chi connectivity index (χ3n) is 13.4. The summed E-state index contributed by atoms with van der Waals surface area (Å²) in [5.41, 5.74) is 83.4. The lowest BCUT2D eigenvalue weighted by molar-refractivity contribution is -0.142. The number of aliphatic hydroxyl groups is 1. The molecule has 0 aliphatic carbocycles. The molecule has 0 aromatic carbocycles. The van der Waals surface area contributed by atoms with Crippen molar-refractivity contribution >= 4 is 89.0 Å². The summed E-state index contributed by atoms with van der Waals surface area (Å²) < 4.78 is 0. The summed E-state index contributed by atoms with van der Waals surface area (Å²) in [5.74, 6) is -10.2. The summed E-state index contributed by atoms with van der Waals surface area (Å²) in [7, 11) is 0. The first kappa shape index (κ1) is 82.7. The van der Waals surface area contributed by atoms with Crippen LogP contribution in [0.5, 0.6) is 0 Å². The highest BCUT2D eigenvalue weighted by atomic mass is 16.4. The third-order valence-corrected chi connectivity index (χ3v) is 13.4. The van der Waals surface area contributed by atoms with E-state index in [1.807, 2.05) is 0 Å². The van der Waals surface area contributed by atoms with Crippen LogP contribution in [0, 0.1) is 0 Å². The number of guanidine groups is 6. The van der Waals surface area contributed by atoms with Gasteiger partial charge in [-0.05, 0) is 136 Å². The zero-order valence-electron chi connectivity index (χ0n) is 52.6. The summed E-state index contributed by atoms with van der Waals surface area (Å²) in [6.45, 7) is 1.74. The number of unbranched alkanes of at least 4 members (excludes halogenated alkanes) is 2. The molecule has 0 aromatic rings. The van der Waals surface area contributed by atoms with Gasteiger partial charge in [-0.25, -0.2) is 4.79 Å². The fourth-order valence-corrected chi connectivity index (χ4v) is 8.59. The molecule has 0 aliphatic heterocycles. The second-order valence-corrected chi connectivity index (χ2v) is 21.4. The number of rotatable bonds is 50. The van der Waals surface area contributed by atoms with E-state index in [0.29, 0.717) is 32.1 Å². The van der Waals surface area contributed by atoms with Crippen molar-refractivity contribution in [3.05, 3.63) is 0 Å². The van der Waals surface area contributed by atoms with Gasteiger partial charge >= 0.3 is 5.97 Å². The van der Waals surface area contributed by atoms with Crippen molar-refractivity contribution in [3.8, 4) is 0 Å². The van der Waals surface area contributed by atoms with Crippen molar-refractivity contribution < 1.29 is 53.4 Å². The summed E-state index contributed by atoms with van der Waals surface area (Å²) >= 11 is 0. The molecule has 0 aliphatic rings. The number of hydrogen-bond acceptors (Lipinski definition) is 19. The monoisotopic (exact) mass is 1310 g/mol. The quantitative estimate of drug-likeness (QED) is 0.0153. The van der Waals surface area contributed by atoms with Crippen LogP contribution in [0.4, 0.5) is 0 Å². The second kappa shape index (κ2) is 47.6. The van der Waals surface area contributed by atoms with Crippen molar-refractivity contribution in [1.29, 1.82) is 0 Å². The molecule has 40 N–H and O–H groups in total. The van der Waals surface area contributed by atoms with Crippen LogP contribution >= 0.6 is 0 Å². The van der Waals surface area contributed by atoms with Gasteiger partial charge in [-0.2, -0.15) is 0 Å². The Balaban J connectivity index is 7.30. The number of nitrogens with zero attached hydrogens (tertiary/aromatic N) is 6. The Labute approximate surface area is 534 Å². The van der Waals surface area contributed by atoms with Gasteiger partial charge in [0.1, 0.15) is 48.3 Å². The zero-order valence-corrected chi connectivity index (χ0v) is 52.6. The molecule has 524 valence electrons. The predicted molar refractivity (Wildman–Crippen MR) is 348 cm³/mol. The van der Waals surface area contributed by atoms with Crippen molar-refractivity contribution in [1.82, 2.24) is 42.5 Å². The Hall–Kier alpha value is -9.31. The number of aliphatic carboxylic acids is 1. The number of carbonyl (C=O) groups is 9. The molecule has 0 aromatic heterocycles. The van der Waals surface area contributed by atoms with E-state index < -0.39 is 114 Å². The van der Waals surface area contributed by atoms with E-state index in [1.54, 1.807) is 0 Å². The summed E-state index contributed by atoms with van der Waals surface area (Å²) in [6, 6.07) is -13.0. The standard InChI is InChI=1S/C52H105N29O11/c1-28(82)37(45(90)79-34(17-9-25-71-50(62)63)42(87)77-33(16-8-24-70-49(60)61)43(88)80-36(46(91)92)19-11-27-73-52(66)67)81-44(89)35(18-10-26-72-51(64)65)78-41(86)32(15-7-23-69-48(58)59)76-40(85)31(14-3-5-21-54)75-39(84)30(13-2-4-20-53)74-38(83)29(55)12-6-22-68-47(56)57/h28-37,82H,2-27,53-55H2,1H3,(H,74,83)(H,75,84)(H,76,85)(H,77,87)(H,78,86)(H,79,90)(H,80,88)(H,81,89)(H,91,92)(H4,56,57,68)(H4,58,59,69)(H4,60,61,70)(H4,62,63,71)(H4,64,65,72)(H4,66,67,73)/t28-,29-,30+,31+,32+,33+,34+,35-,36-,37+/m1/s1. The SMILES string of the molecule is C[C@@H](O)[C@H](NC(=O)[C@@H](CCCN=C(N)N)NC(=O)[C@H](CCCN=C(N)N)NC(=O)[C@H](CCCCN)NC(=O)[C@H](CCCCN)NC(=O)[C@H](N)CCCN=C(N)N)C(=O)N[C@@H](CCCN=C(N)N)C(=O)N[C@@H](CCCN=C(N)N)C(=O)N[C@H](CCCN=C(N)N)C(=O)O. The molecule has 10 atom stereocenters. The van der Waals surface area contributed by atoms with E-state index in [1.165, 1.54) is 0 Å². The average molecular weight is 1310 g/mol. The summed E-state index contributed by atoms with van der Waals surface area (Å²) in [6.07, 6.45) is 0.00980. The molecule has 40 nitrogen and oxygen atoms in total. The Morgan fingerprint density at radius 1 is 0.315 bits per heavy atom. The highest BCUT2D eigenvalue weighted by Gasteiger charge is 2.36. The molecule has 0 radical (unpaired) electrons. The van der Waals surface area contributed by atoms with Gasteiger partial charge in [-0.3, -0.25) is 68.3 Å². The minimum Gasteiger partial charge on any atom is -0.480 e.